The first-order chi connectivity index (χ1) is 11.8. The maximum atomic E-state index is 6.11. The average molecular weight is 359 g/mol. The summed E-state index contributed by atoms with van der Waals surface area (Å²) in [6.07, 6.45) is 3.69. The van der Waals surface area contributed by atoms with Crippen LogP contribution in [0.5, 0.6) is 0 Å². The van der Waals surface area contributed by atoms with E-state index in [9.17, 15) is 0 Å². The molecule has 0 amide bonds. The van der Waals surface area contributed by atoms with E-state index in [1.165, 1.54) is 24.8 Å². The largest absolute Gasteiger partial charge is 0.361 e. The van der Waals surface area contributed by atoms with Gasteiger partial charge in [0, 0.05) is 34.5 Å². The molecule has 0 radical (unpaired) electrons. The molecule has 1 aromatic carbocycles. The third-order valence-corrected chi connectivity index (χ3v) is 6.44. The van der Waals surface area contributed by atoms with Crippen LogP contribution in [0.15, 0.2) is 34.9 Å². The van der Waals surface area contributed by atoms with Crippen molar-refractivity contribution in [3.8, 4) is 0 Å². The molecule has 1 aromatic heterocycles. The van der Waals surface area contributed by atoms with Crippen molar-refractivity contribution in [2.24, 2.45) is 0 Å². The number of rotatable bonds is 2. The highest BCUT2D eigenvalue weighted by Crippen LogP contribution is 2.51. The van der Waals surface area contributed by atoms with Gasteiger partial charge in [0.1, 0.15) is 5.76 Å². The smallest absolute Gasteiger partial charge is 0.142 e. The summed E-state index contributed by atoms with van der Waals surface area (Å²) in [6.45, 7) is 6.55. The number of likely N-dealkylation sites (N-methyl/N-ethyl adjacent to an activating group) is 1. The molecule has 2 aromatic rings. The van der Waals surface area contributed by atoms with E-state index < -0.39 is 0 Å². The first-order valence-corrected chi connectivity index (χ1v) is 9.67. The fourth-order valence-corrected chi connectivity index (χ4v) is 4.83. The van der Waals surface area contributed by atoms with Gasteiger partial charge in [0.15, 0.2) is 0 Å². The van der Waals surface area contributed by atoms with Gasteiger partial charge in [0.2, 0.25) is 0 Å². The van der Waals surface area contributed by atoms with Gasteiger partial charge in [-0.05, 0) is 49.9 Å². The molecule has 2 saturated heterocycles. The number of hydrogen-bond acceptors (Lipinski definition) is 3. The zero-order valence-corrected chi connectivity index (χ0v) is 16.3. The van der Waals surface area contributed by atoms with Gasteiger partial charge >= 0.3 is 0 Å². The highest BCUT2D eigenvalue weighted by atomic mass is 35.5. The summed E-state index contributed by atoms with van der Waals surface area (Å²) < 4.78 is 5.90. The van der Waals surface area contributed by atoms with Crippen LogP contribution in [0, 0.1) is 0 Å². The monoisotopic (exact) mass is 358 g/mol. The molecule has 0 aliphatic carbocycles. The van der Waals surface area contributed by atoms with Gasteiger partial charge in [-0.2, -0.15) is 0 Å². The fraction of sp³-hybridized carbons (Fsp3) is 0.571. The minimum Gasteiger partial charge on any atom is -0.361 e. The molecular weight excluding hydrogens is 332 g/mol. The number of aromatic nitrogens is 1. The number of fused-ring (bicyclic) bond motifs is 2. The lowest BCUT2D eigenvalue weighted by atomic mass is 9.74. The minimum atomic E-state index is 0.0102. The Bertz CT molecular complexity index is 746. The molecule has 4 rings (SSSR count). The number of halogens is 1. The Morgan fingerprint density at radius 3 is 2.52 bits per heavy atom. The Morgan fingerprint density at radius 2 is 1.88 bits per heavy atom. The topological polar surface area (TPSA) is 29.3 Å². The Labute approximate surface area is 155 Å². The van der Waals surface area contributed by atoms with E-state index in [2.05, 4.69) is 56.1 Å². The van der Waals surface area contributed by atoms with Crippen LogP contribution in [-0.4, -0.2) is 29.2 Å². The van der Waals surface area contributed by atoms with Gasteiger partial charge in [-0.25, -0.2) is 0 Å². The third-order valence-electron chi connectivity index (χ3n) is 6.19. The van der Waals surface area contributed by atoms with Crippen LogP contribution < -0.4 is 0 Å². The Hall–Kier alpha value is -1.32. The summed E-state index contributed by atoms with van der Waals surface area (Å²) in [6, 6.07) is 11.8. The van der Waals surface area contributed by atoms with Crippen molar-refractivity contribution in [3.05, 3.63) is 52.4 Å². The zero-order chi connectivity index (χ0) is 17.8. The van der Waals surface area contributed by atoms with Crippen molar-refractivity contribution in [3.63, 3.8) is 0 Å². The van der Waals surface area contributed by atoms with Gasteiger partial charge in [0.05, 0.1) is 5.69 Å². The number of nitrogens with zero attached hydrogens (tertiary/aromatic N) is 2. The quantitative estimate of drug-likeness (QED) is 0.723. The Balaban J connectivity index is 1.74. The van der Waals surface area contributed by atoms with Gasteiger partial charge < -0.3 is 4.52 Å². The Morgan fingerprint density at radius 1 is 1.16 bits per heavy atom. The van der Waals surface area contributed by atoms with Gasteiger partial charge in [-0.15, -0.1) is 0 Å². The maximum Gasteiger partial charge on any atom is 0.142 e. The SMILES string of the molecule is CN1C2CCC1[C@@H](c1cc(C(C)(C)C)no1)C(c1ccc(Cl)cc1)C2. The molecule has 3 nitrogen and oxygen atoms in total. The van der Waals surface area contributed by atoms with E-state index in [0.29, 0.717) is 23.9 Å². The molecule has 25 heavy (non-hydrogen) atoms. The summed E-state index contributed by atoms with van der Waals surface area (Å²) in [4.78, 5) is 2.57. The molecule has 2 bridgehead atoms. The summed E-state index contributed by atoms with van der Waals surface area (Å²) in [5.41, 5.74) is 2.42. The van der Waals surface area contributed by atoms with Crippen molar-refractivity contribution in [1.82, 2.24) is 10.1 Å². The number of hydrogen-bond donors (Lipinski definition) is 0. The molecule has 2 aliphatic rings. The highest BCUT2D eigenvalue weighted by Gasteiger charge is 2.48. The minimum absolute atomic E-state index is 0.0102. The van der Waals surface area contributed by atoms with E-state index in [1.807, 2.05) is 12.1 Å². The molecule has 3 unspecified atom stereocenters. The molecule has 4 atom stereocenters. The standard InChI is InChI=1S/C21H27ClN2O/c1-21(2,3)19-12-18(25-23-19)20-16(13-5-7-14(22)8-6-13)11-15-9-10-17(20)24(15)4/h5-8,12,15-17,20H,9-11H2,1-4H3/t15?,16?,17?,20-/m0/s1. The van der Waals surface area contributed by atoms with Crippen molar-refractivity contribution in [2.45, 2.75) is 69.4 Å². The second kappa shape index (κ2) is 6.14. The van der Waals surface area contributed by atoms with Crippen LogP contribution in [-0.2, 0) is 5.41 Å². The summed E-state index contributed by atoms with van der Waals surface area (Å²) >= 11 is 6.11. The predicted molar refractivity (Wildman–Crippen MR) is 101 cm³/mol. The van der Waals surface area contributed by atoms with E-state index in [0.717, 1.165) is 16.5 Å². The number of piperidine rings is 1. The normalized spacial score (nSPS) is 30.0. The number of benzene rings is 1. The van der Waals surface area contributed by atoms with Crippen LogP contribution in [0.1, 0.15) is 68.9 Å². The van der Waals surface area contributed by atoms with Crippen LogP contribution in [0.3, 0.4) is 0 Å². The van der Waals surface area contributed by atoms with Crippen LogP contribution in [0.2, 0.25) is 5.02 Å². The lowest BCUT2D eigenvalue weighted by Crippen LogP contribution is -2.44. The summed E-state index contributed by atoms with van der Waals surface area (Å²) in [5.74, 6) is 1.86. The van der Waals surface area contributed by atoms with E-state index >= 15 is 0 Å². The van der Waals surface area contributed by atoms with Gasteiger partial charge in [-0.3, -0.25) is 4.90 Å². The second-order valence-corrected chi connectivity index (χ2v) is 9.18. The van der Waals surface area contributed by atoms with Crippen LogP contribution in [0.25, 0.3) is 0 Å². The van der Waals surface area contributed by atoms with E-state index in [-0.39, 0.29) is 5.41 Å². The predicted octanol–water partition coefficient (Wildman–Crippen LogP) is 5.36. The van der Waals surface area contributed by atoms with Crippen molar-refractivity contribution >= 4 is 11.6 Å². The second-order valence-electron chi connectivity index (χ2n) is 8.75. The van der Waals surface area contributed by atoms with Crippen molar-refractivity contribution in [1.29, 1.82) is 0 Å². The average Bonchev–Trinajstić information content (AvgIpc) is 3.12. The molecule has 2 aliphatic heterocycles. The van der Waals surface area contributed by atoms with Crippen molar-refractivity contribution < 1.29 is 4.52 Å². The molecule has 3 heterocycles. The molecular formula is C21H27ClN2O. The molecule has 2 fully saturated rings. The zero-order valence-electron chi connectivity index (χ0n) is 15.5. The molecule has 134 valence electrons. The fourth-order valence-electron chi connectivity index (χ4n) is 4.71. The van der Waals surface area contributed by atoms with Gasteiger partial charge in [0.25, 0.3) is 0 Å². The first kappa shape index (κ1) is 17.1. The maximum absolute atomic E-state index is 6.11. The Kier molecular flexibility index (Phi) is 4.20. The summed E-state index contributed by atoms with van der Waals surface area (Å²) in [5, 5.41) is 5.19. The molecule has 4 heteroatoms. The molecule has 0 saturated carbocycles. The molecule has 0 spiro atoms. The lowest BCUT2D eigenvalue weighted by Gasteiger charge is -2.42. The van der Waals surface area contributed by atoms with Crippen LogP contribution >= 0.6 is 11.6 Å². The highest BCUT2D eigenvalue weighted by molar-refractivity contribution is 6.30. The first-order valence-electron chi connectivity index (χ1n) is 9.29. The van der Waals surface area contributed by atoms with Gasteiger partial charge in [-0.1, -0.05) is 49.7 Å². The van der Waals surface area contributed by atoms with E-state index in [1.54, 1.807) is 0 Å². The third kappa shape index (κ3) is 3.02. The van der Waals surface area contributed by atoms with Crippen LogP contribution in [0.4, 0.5) is 0 Å². The molecule has 0 N–H and O–H groups in total. The van der Waals surface area contributed by atoms with Crippen molar-refractivity contribution in [2.75, 3.05) is 7.05 Å². The summed E-state index contributed by atoms with van der Waals surface area (Å²) in [7, 11) is 2.27. The lowest BCUT2D eigenvalue weighted by molar-refractivity contribution is 0.122. The van der Waals surface area contributed by atoms with E-state index in [4.69, 9.17) is 16.1 Å².